The third-order valence-electron chi connectivity index (χ3n) is 3.37. The van der Waals surface area contributed by atoms with Crippen LogP contribution in [0.2, 0.25) is 0 Å². The molecule has 2 atom stereocenters. The second kappa shape index (κ2) is 3.74. The number of nitrogens with zero attached hydrogens (tertiary/aromatic N) is 1. The van der Waals surface area contributed by atoms with Crippen LogP contribution in [0.3, 0.4) is 0 Å². The Kier molecular flexibility index (Phi) is 2.60. The van der Waals surface area contributed by atoms with E-state index in [2.05, 4.69) is 50.1 Å². The van der Waals surface area contributed by atoms with Crippen LogP contribution in [0.5, 0.6) is 0 Å². The van der Waals surface area contributed by atoms with E-state index in [1.165, 1.54) is 18.5 Å². The predicted molar refractivity (Wildman–Crippen MR) is 60.5 cm³/mol. The van der Waals surface area contributed by atoms with Crippen LogP contribution in [-0.4, -0.2) is 18.5 Å². The van der Waals surface area contributed by atoms with Gasteiger partial charge >= 0.3 is 0 Å². The van der Waals surface area contributed by atoms with Crippen molar-refractivity contribution in [3.63, 3.8) is 0 Å². The molecule has 0 spiro atoms. The van der Waals surface area contributed by atoms with Crippen LogP contribution in [0, 0.1) is 0 Å². The van der Waals surface area contributed by atoms with Crippen LogP contribution in [-0.2, 0) is 0 Å². The summed E-state index contributed by atoms with van der Waals surface area (Å²) in [6.45, 7) is 5.78. The molecule has 76 valence electrons. The van der Waals surface area contributed by atoms with Gasteiger partial charge in [0.2, 0.25) is 0 Å². The van der Waals surface area contributed by atoms with Gasteiger partial charge in [0, 0.05) is 12.6 Å². The summed E-state index contributed by atoms with van der Waals surface area (Å²) in [5.74, 6) is 0.680. The largest absolute Gasteiger partial charge is 0.299 e. The van der Waals surface area contributed by atoms with E-state index in [-0.39, 0.29) is 0 Å². The highest BCUT2D eigenvalue weighted by molar-refractivity contribution is 5.35. The van der Waals surface area contributed by atoms with Crippen LogP contribution < -0.4 is 0 Å². The Bertz CT molecular complexity index is 319. The monoisotopic (exact) mass is 189 g/mol. The van der Waals surface area contributed by atoms with Crippen molar-refractivity contribution in [2.45, 2.75) is 32.2 Å². The fourth-order valence-corrected chi connectivity index (χ4v) is 2.69. The highest BCUT2D eigenvalue weighted by Gasteiger charge is 2.26. The maximum Gasteiger partial charge on any atom is 0.0345 e. The summed E-state index contributed by atoms with van der Waals surface area (Å²) in [5.41, 5.74) is 3.09. The van der Waals surface area contributed by atoms with Gasteiger partial charge in [0.25, 0.3) is 0 Å². The van der Waals surface area contributed by atoms with Crippen LogP contribution in [0.1, 0.15) is 43.4 Å². The Morgan fingerprint density at radius 3 is 2.57 bits per heavy atom. The van der Waals surface area contributed by atoms with E-state index in [1.807, 2.05) is 0 Å². The van der Waals surface area contributed by atoms with Crippen molar-refractivity contribution >= 4 is 0 Å². The maximum atomic E-state index is 2.48. The van der Waals surface area contributed by atoms with Crippen LogP contribution >= 0.6 is 0 Å². The molecule has 0 aromatic heterocycles. The van der Waals surface area contributed by atoms with E-state index in [1.54, 1.807) is 5.56 Å². The van der Waals surface area contributed by atoms with E-state index >= 15 is 0 Å². The molecule has 0 saturated carbocycles. The smallest absolute Gasteiger partial charge is 0.0345 e. The molecule has 14 heavy (non-hydrogen) atoms. The van der Waals surface area contributed by atoms with E-state index < -0.39 is 0 Å². The highest BCUT2D eigenvalue weighted by Crippen LogP contribution is 2.36. The standard InChI is InChI=1S/C13H19N/c1-4-13-12-8-6-5-7-11(12)10(2)9-14(13)3/h5-8,10,13H,4,9H2,1-3H3. The molecule has 1 heteroatoms. The van der Waals surface area contributed by atoms with Gasteiger partial charge in [0.1, 0.15) is 0 Å². The van der Waals surface area contributed by atoms with E-state index in [9.17, 15) is 0 Å². The molecule has 2 unspecified atom stereocenters. The molecule has 0 bridgehead atoms. The van der Waals surface area contributed by atoms with E-state index in [4.69, 9.17) is 0 Å². The Labute approximate surface area is 86.7 Å². The minimum atomic E-state index is 0.627. The summed E-state index contributed by atoms with van der Waals surface area (Å²) in [5, 5.41) is 0. The maximum absolute atomic E-state index is 2.48. The topological polar surface area (TPSA) is 3.24 Å². The second-order valence-electron chi connectivity index (χ2n) is 4.39. The first-order chi connectivity index (χ1) is 6.74. The Morgan fingerprint density at radius 2 is 1.93 bits per heavy atom. The summed E-state index contributed by atoms with van der Waals surface area (Å²) < 4.78 is 0. The number of fused-ring (bicyclic) bond motifs is 1. The van der Waals surface area contributed by atoms with Gasteiger partial charge in [-0.1, -0.05) is 38.1 Å². The summed E-state index contributed by atoms with van der Waals surface area (Å²) in [6.07, 6.45) is 1.21. The van der Waals surface area contributed by atoms with E-state index in [0.29, 0.717) is 12.0 Å². The number of likely N-dealkylation sites (N-methyl/N-ethyl adjacent to an activating group) is 1. The van der Waals surface area contributed by atoms with Crippen molar-refractivity contribution in [1.29, 1.82) is 0 Å². The van der Waals surface area contributed by atoms with Gasteiger partial charge in [-0.05, 0) is 30.5 Å². The molecule has 0 radical (unpaired) electrons. The fourth-order valence-electron chi connectivity index (χ4n) is 2.69. The molecule has 1 aromatic carbocycles. The molecule has 1 aliphatic heterocycles. The first kappa shape index (κ1) is 9.72. The zero-order chi connectivity index (χ0) is 10.1. The molecule has 2 rings (SSSR count). The highest BCUT2D eigenvalue weighted by atomic mass is 15.1. The zero-order valence-corrected chi connectivity index (χ0v) is 9.33. The number of hydrogen-bond donors (Lipinski definition) is 0. The quantitative estimate of drug-likeness (QED) is 0.656. The lowest BCUT2D eigenvalue weighted by Gasteiger charge is -2.37. The normalized spacial score (nSPS) is 27.4. The van der Waals surface area contributed by atoms with Crippen molar-refractivity contribution in [3.8, 4) is 0 Å². The molecule has 0 aliphatic carbocycles. The fraction of sp³-hybridized carbons (Fsp3) is 0.538. The average molecular weight is 189 g/mol. The van der Waals surface area contributed by atoms with Gasteiger partial charge in [-0.2, -0.15) is 0 Å². The molecule has 0 amide bonds. The molecular formula is C13H19N. The average Bonchev–Trinajstić information content (AvgIpc) is 2.18. The number of rotatable bonds is 1. The van der Waals surface area contributed by atoms with E-state index in [0.717, 1.165) is 0 Å². The minimum absolute atomic E-state index is 0.627. The van der Waals surface area contributed by atoms with Crippen molar-refractivity contribution in [2.75, 3.05) is 13.6 Å². The zero-order valence-electron chi connectivity index (χ0n) is 9.33. The van der Waals surface area contributed by atoms with Gasteiger partial charge < -0.3 is 0 Å². The molecule has 0 fully saturated rings. The second-order valence-corrected chi connectivity index (χ2v) is 4.39. The minimum Gasteiger partial charge on any atom is -0.299 e. The van der Waals surface area contributed by atoms with Gasteiger partial charge in [-0.3, -0.25) is 4.90 Å². The van der Waals surface area contributed by atoms with Gasteiger partial charge in [0.15, 0.2) is 0 Å². The van der Waals surface area contributed by atoms with Gasteiger partial charge in [0.05, 0.1) is 0 Å². The van der Waals surface area contributed by atoms with Gasteiger partial charge in [-0.25, -0.2) is 0 Å². The lowest BCUT2D eigenvalue weighted by molar-refractivity contribution is 0.208. The van der Waals surface area contributed by atoms with Gasteiger partial charge in [-0.15, -0.1) is 0 Å². The Morgan fingerprint density at radius 1 is 1.29 bits per heavy atom. The predicted octanol–water partition coefficient (Wildman–Crippen LogP) is 3.19. The first-order valence-electron chi connectivity index (χ1n) is 5.53. The van der Waals surface area contributed by atoms with Crippen LogP contribution in [0.4, 0.5) is 0 Å². The molecule has 0 N–H and O–H groups in total. The third kappa shape index (κ3) is 1.46. The Balaban J connectivity index is 2.45. The summed E-state index contributed by atoms with van der Waals surface area (Å²) in [6, 6.07) is 9.52. The molecular weight excluding hydrogens is 170 g/mol. The molecule has 1 nitrogen and oxygen atoms in total. The Hall–Kier alpha value is -0.820. The molecule has 1 aliphatic rings. The van der Waals surface area contributed by atoms with Crippen molar-refractivity contribution in [3.05, 3.63) is 35.4 Å². The molecule has 1 aromatic rings. The summed E-state index contributed by atoms with van der Waals surface area (Å²) in [4.78, 5) is 2.48. The van der Waals surface area contributed by atoms with Crippen LogP contribution in [0.25, 0.3) is 0 Å². The number of benzene rings is 1. The van der Waals surface area contributed by atoms with Crippen molar-refractivity contribution in [1.82, 2.24) is 4.90 Å². The van der Waals surface area contributed by atoms with Crippen molar-refractivity contribution < 1.29 is 0 Å². The number of hydrogen-bond acceptors (Lipinski definition) is 1. The van der Waals surface area contributed by atoms with Crippen LogP contribution in [0.15, 0.2) is 24.3 Å². The lowest BCUT2D eigenvalue weighted by atomic mass is 9.86. The van der Waals surface area contributed by atoms with Crippen molar-refractivity contribution in [2.24, 2.45) is 0 Å². The third-order valence-corrected chi connectivity index (χ3v) is 3.37. The summed E-state index contributed by atoms with van der Waals surface area (Å²) >= 11 is 0. The summed E-state index contributed by atoms with van der Waals surface area (Å²) in [7, 11) is 2.24. The molecule has 1 heterocycles. The SMILES string of the molecule is CCC1c2ccccc2C(C)CN1C. The first-order valence-corrected chi connectivity index (χ1v) is 5.53. The molecule has 0 saturated heterocycles. The lowest BCUT2D eigenvalue weighted by Crippen LogP contribution is -2.33.